The van der Waals surface area contributed by atoms with Crippen molar-refractivity contribution in [2.45, 2.75) is 31.2 Å². The predicted molar refractivity (Wildman–Crippen MR) is 71.7 cm³/mol. The average molecular weight is 290 g/mol. The highest BCUT2D eigenvalue weighted by atomic mass is 32.2. The zero-order valence-corrected chi connectivity index (χ0v) is 12.3. The number of rotatable bonds is 4. The van der Waals surface area contributed by atoms with Crippen molar-refractivity contribution >= 4 is 15.7 Å². The molecule has 0 saturated carbocycles. The van der Waals surface area contributed by atoms with E-state index < -0.39 is 21.4 Å². The minimum absolute atomic E-state index is 0.0776. The SMILES string of the molecule is Cc1c(N)cc(S(=O)(=O)N(C)C(C)(C)CO)cc1F. The van der Waals surface area contributed by atoms with Crippen LogP contribution < -0.4 is 5.73 Å². The fourth-order valence-electron chi connectivity index (χ4n) is 1.41. The van der Waals surface area contributed by atoms with Crippen molar-refractivity contribution in [2.75, 3.05) is 19.4 Å². The van der Waals surface area contributed by atoms with Gasteiger partial charge in [-0.25, -0.2) is 12.8 Å². The number of likely N-dealkylation sites (N-methyl/N-ethyl adjacent to an activating group) is 1. The van der Waals surface area contributed by atoms with Crippen LogP contribution in [0.4, 0.5) is 10.1 Å². The highest BCUT2D eigenvalue weighted by Crippen LogP contribution is 2.26. The number of aliphatic hydroxyl groups excluding tert-OH is 1. The summed E-state index contributed by atoms with van der Waals surface area (Å²) in [5.41, 5.74) is 4.89. The number of nitrogen functional groups attached to an aromatic ring is 1. The van der Waals surface area contributed by atoms with Crippen LogP contribution in [0.1, 0.15) is 19.4 Å². The third kappa shape index (κ3) is 2.88. The van der Waals surface area contributed by atoms with Crippen LogP contribution in [0.5, 0.6) is 0 Å². The Labute approximate surface area is 112 Å². The summed E-state index contributed by atoms with van der Waals surface area (Å²) in [5.74, 6) is -0.672. The van der Waals surface area contributed by atoms with Crippen molar-refractivity contribution in [3.05, 3.63) is 23.5 Å². The lowest BCUT2D eigenvalue weighted by atomic mass is 10.1. The van der Waals surface area contributed by atoms with Crippen molar-refractivity contribution < 1.29 is 17.9 Å². The van der Waals surface area contributed by atoms with Crippen LogP contribution in [-0.2, 0) is 10.0 Å². The number of aliphatic hydroxyl groups is 1. The van der Waals surface area contributed by atoms with E-state index in [9.17, 15) is 17.9 Å². The fourth-order valence-corrected chi connectivity index (χ4v) is 2.96. The molecule has 5 nitrogen and oxygen atoms in total. The van der Waals surface area contributed by atoms with Gasteiger partial charge in [-0.05, 0) is 32.9 Å². The number of nitrogens with two attached hydrogens (primary N) is 1. The van der Waals surface area contributed by atoms with E-state index in [4.69, 9.17) is 5.73 Å². The molecule has 7 heteroatoms. The topological polar surface area (TPSA) is 83.6 Å². The number of nitrogens with zero attached hydrogens (tertiary/aromatic N) is 1. The van der Waals surface area contributed by atoms with Crippen LogP contribution in [-0.4, -0.2) is 37.0 Å². The highest BCUT2D eigenvalue weighted by molar-refractivity contribution is 7.89. The van der Waals surface area contributed by atoms with E-state index in [1.165, 1.54) is 20.0 Å². The lowest BCUT2D eigenvalue weighted by Crippen LogP contribution is -2.47. The summed E-state index contributed by atoms with van der Waals surface area (Å²) in [4.78, 5) is -0.225. The van der Waals surface area contributed by atoms with E-state index in [-0.39, 0.29) is 22.8 Å². The van der Waals surface area contributed by atoms with Gasteiger partial charge in [0.1, 0.15) is 5.82 Å². The molecule has 0 atom stereocenters. The molecule has 0 amide bonds. The minimum Gasteiger partial charge on any atom is -0.398 e. The Hall–Kier alpha value is -1.18. The van der Waals surface area contributed by atoms with Crippen LogP contribution in [0.2, 0.25) is 0 Å². The number of benzene rings is 1. The Bertz CT molecular complexity index is 562. The zero-order chi connectivity index (χ0) is 15.0. The zero-order valence-electron chi connectivity index (χ0n) is 11.4. The molecule has 0 heterocycles. The van der Waals surface area contributed by atoms with Crippen molar-refractivity contribution in [3.63, 3.8) is 0 Å². The fraction of sp³-hybridized carbons (Fsp3) is 0.500. The quantitative estimate of drug-likeness (QED) is 0.814. The maximum Gasteiger partial charge on any atom is 0.243 e. The number of halogens is 1. The molecule has 0 fully saturated rings. The van der Waals surface area contributed by atoms with E-state index in [1.54, 1.807) is 13.8 Å². The molecule has 0 aliphatic rings. The number of anilines is 1. The maximum absolute atomic E-state index is 13.6. The average Bonchev–Trinajstić information content (AvgIpc) is 2.34. The van der Waals surface area contributed by atoms with E-state index in [0.29, 0.717) is 0 Å². The van der Waals surface area contributed by atoms with Gasteiger partial charge < -0.3 is 10.8 Å². The molecule has 0 unspecified atom stereocenters. The minimum atomic E-state index is -3.92. The van der Waals surface area contributed by atoms with Gasteiger partial charge in [0, 0.05) is 18.3 Å². The van der Waals surface area contributed by atoms with Crippen LogP contribution in [0.25, 0.3) is 0 Å². The first-order valence-corrected chi connectivity index (χ1v) is 7.13. The molecule has 1 aromatic carbocycles. The molecule has 19 heavy (non-hydrogen) atoms. The molecule has 0 aromatic heterocycles. The first kappa shape index (κ1) is 15.9. The lowest BCUT2D eigenvalue weighted by Gasteiger charge is -2.32. The summed E-state index contributed by atoms with van der Waals surface area (Å²) >= 11 is 0. The van der Waals surface area contributed by atoms with Gasteiger partial charge in [-0.2, -0.15) is 4.31 Å². The molecule has 0 aliphatic heterocycles. The van der Waals surface area contributed by atoms with Crippen molar-refractivity contribution in [3.8, 4) is 0 Å². The van der Waals surface area contributed by atoms with Gasteiger partial charge in [0.25, 0.3) is 0 Å². The van der Waals surface area contributed by atoms with Gasteiger partial charge in [0.05, 0.1) is 17.0 Å². The summed E-state index contributed by atoms with van der Waals surface area (Å²) in [6.45, 7) is 4.26. The molecule has 1 rings (SSSR count). The van der Waals surface area contributed by atoms with Crippen LogP contribution in [0.3, 0.4) is 0 Å². The van der Waals surface area contributed by atoms with E-state index in [1.807, 2.05) is 0 Å². The number of hydrogen-bond acceptors (Lipinski definition) is 4. The molecule has 0 radical (unpaired) electrons. The molecule has 3 N–H and O–H groups in total. The largest absolute Gasteiger partial charge is 0.398 e. The second-order valence-corrected chi connectivity index (χ2v) is 7.03. The van der Waals surface area contributed by atoms with Gasteiger partial charge in [-0.15, -0.1) is 0 Å². The Morgan fingerprint density at radius 1 is 1.42 bits per heavy atom. The predicted octanol–water partition coefficient (Wildman–Crippen LogP) is 1.11. The molecule has 1 aromatic rings. The molecule has 0 spiro atoms. The number of hydrogen-bond donors (Lipinski definition) is 2. The third-order valence-electron chi connectivity index (χ3n) is 3.26. The van der Waals surface area contributed by atoms with E-state index >= 15 is 0 Å². The summed E-state index contributed by atoms with van der Waals surface area (Å²) in [5, 5.41) is 9.22. The summed E-state index contributed by atoms with van der Waals surface area (Å²) in [7, 11) is -2.58. The summed E-state index contributed by atoms with van der Waals surface area (Å²) < 4.78 is 39.3. The Morgan fingerprint density at radius 3 is 2.37 bits per heavy atom. The molecule has 0 aliphatic carbocycles. The van der Waals surface area contributed by atoms with Crippen LogP contribution in [0.15, 0.2) is 17.0 Å². The first-order valence-electron chi connectivity index (χ1n) is 5.69. The lowest BCUT2D eigenvalue weighted by molar-refractivity contribution is 0.138. The second-order valence-electron chi connectivity index (χ2n) is 5.06. The van der Waals surface area contributed by atoms with E-state index in [2.05, 4.69) is 0 Å². The van der Waals surface area contributed by atoms with Crippen molar-refractivity contribution in [2.24, 2.45) is 0 Å². The van der Waals surface area contributed by atoms with E-state index in [0.717, 1.165) is 10.4 Å². The summed E-state index contributed by atoms with van der Waals surface area (Å²) in [6, 6.07) is 2.16. The molecular formula is C12H19FN2O3S. The summed E-state index contributed by atoms with van der Waals surface area (Å²) in [6.07, 6.45) is 0. The molecule has 0 bridgehead atoms. The van der Waals surface area contributed by atoms with Crippen molar-refractivity contribution in [1.82, 2.24) is 4.31 Å². The normalized spacial score (nSPS) is 13.0. The smallest absolute Gasteiger partial charge is 0.243 e. The second kappa shape index (κ2) is 5.07. The van der Waals surface area contributed by atoms with Gasteiger partial charge >= 0.3 is 0 Å². The van der Waals surface area contributed by atoms with Gasteiger partial charge in [0.15, 0.2) is 0 Å². The maximum atomic E-state index is 13.6. The van der Waals surface area contributed by atoms with Gasteiger partial charge in [-0.3, -0.25) is 0 Å². The van der Waals surface area contributed by atoms with Gasteiger partial charge in [-0.1, -0.05) is 0 Å². The third-order valence-corrected chi connectivity index (χ3v) is 5.30. The molecule has 0 saturated heterocycles. The monoisotopic (exact) mass is 290 g/mol. The number of sulfonamides is 1. The van der Waals surface area contributed by atoms with Crippen molar-refractivity contribution in [1.29, 1.82) is 0 Å². The Balaban J connectivity index is 3.37. The Morgan fingerprint density at radius 2 is 1.95 bits per heavy atom. The van der Waals surface area contributed by atoms with Crippen LogP contribution >= 0.6 is 0 Å². The molecular weight excluding hydrogens is 271 g/mol. The highest BCUT2D eigenvalue weighted by Gasteiger charge is 2.34. The first-order chi connectivity index (χ1) is 8.54. The van der Waals surface area contributed by atoms with Crippen LogP contribution in [0, 0.1) is 12.7 Å². The standard InChI is InChI=1S/C12H19FN2O3S/c1-8-10(13)5-9(6-11(8)14)19(17,18)15(4)12(2,3)7-16/h5-6,16H,7,14H2,1-4H3. The Kier molecular flexibility index (Phi) is 4.23. The molecule has 108 valence electrons. The van der Waals surface area contributed by atoms with Gasteiger partial charge in [0.2, 0.25) is 10.0 Å².